The van der Waals surface area contributed by atoms with E-state index < -0.39 is 20.0 Å². The van der Waals surface area contributed by atoms with E-state index in [1.807, 2.05) is 0 Å². The summed E-state index contributed by atoms with van der Waals surface area (Å²) in [4.78, 5) is 0.0326. The number of halogens is 1. The smallest absolute Gasteiger partial charge is 0.271 e. The molecule has 0 unspecified atom stereocenters. The third-order valence-electron chi connectivity index (χ3n) is 3.93. The Bertz CT molecular complexity index is 1010. The number of rotatable bonds is 6. The molecule has 0 atom stereocenters. The highest BCUT2D eigenvalue weighted by atomic mass is 79.9. The predicted molar refractivity (Wildman–Crippen MR) is 104 cm³/mol. The van der Waals surface area contributed by atoms with E-state index in [0.717, 1.165) is 24.2 Å². The fourth-order valence-corrected chi connectivity index (χ4v) is 7.26. The molecule has 1 fully saturated rings. The van der Waals surface area contributed by atoms with Gasteiger partial charge < -0.3 is 4.74 Å². The summed E-state index contributed by atoms with van der Waals surface area (Å²) in [5, 5.41) is 0. The van der Waals surface area contributed by atoms with Crippen LogP contribution in [0, 0.1) is 0 Å². The van der Waals surface area contributed by atoms with Crippen LogP contribution in [0.3, 0.4) is 0 Å². The van der Waals surface area contributed by atoms with Crippen LogP contribution in [-0.4, -0.2) is 41.3 Å². The average molecular weight is 481 g/mol. The van der Waals surface area contributed by atoms with Gasteiger partial charge in [-0.2, -0.15) is 4.31 Å². The number of sulfonamides is 2. The summed E-state index contributed by atoms with van der Waals surface area (Å²) in [5.74, 6) is 0.240. The van der Waals surface area contributed by atoms with Crippen molar-refractivity contribution in [1.29, 1.82) is 0 Å². The molecule has 0 saturated carbocycles. The number of benzene rings is 1. The summed E-state index contributed by atoms with van der Waals surface area (Å²) in [6.07, 6.45) is 1.64. The summed E-state index contributed by atoms with van der Waals surface area (Å²) >= 11 is 4.29. The second kappa shape index (κ2) is 7.47. The zero-order chi connectivity index (χ0) is 18.9. The maximum atomic E-state index is 12.7. The molecule has 0 aliphatic carbocycles. The minimum Gasteiger partial charge on any atom is -0.495 e. The molecule has 0 amide bonds. The number of hydrogen-bond donors (Lipinski definition) is 1. The van der Waals surface area contributed by atoms with Crippen LogP contribution in [0.2, 0.25) is 0 Å². The summed E-state index contributed by atoms with van der Waals surface area (Å²) < 4.78 is 60.4. The Morgan fingerprint density at radius 2 is 1.81 bits per heavy atom. The van der Waals surface area contributed by atoms with Crippen LogP contribution in [-0.2, 0) is 20.0 Å². The number of methoxy groups -OCH3 is 1. The number of ether oxygens (including phenoxy) is 1. The lowest BCUT2D eigenvalue weighted by molar-refractivity contribution is 0.416. The van der Waals surface area contributed by atoms with E-state index in [0.29, 0.717) is 16.9 Å². The number of nitrogens with one attached hydrogen (secondary N) is 1. The van der Waals surface area contributed by atoms with Crippen molar-refractivity contribution in [3.05, 3.63) is 34.1 Å². The Morgan fingerprint density at radius 1 is 1.12 bits per heavy atom. The lowest BCUT2D eigenvalue weighted by Gasteiger charge is -2.17. The first-order valence-electron chi connectivity index (χ1n) is 7.70. The molecule has 2 aromatic rings. The van der Waals surface area contributed by atoms with E-state index in [9.17, 15) is 16.8 Å². The van der Waals surface area contributed by atoms with Crippen LogP contribution in [0.1, 0.15) is 12.8 Å². The molecule has 1 N–H and O–H groups in total. The summed E-state index contributed by atoms with van der Waals surface area (Å²) in [6, 6.07) is 7.27. The van der Waals surface area contributed by atoms with Gasteiger partial charge in [0.25, 0.3) is 10.0 Å². The predicted octanol–water partition coefficient (Wildman–Crippen LogP) is 3.10. The highest BCUT2D eigenvalue weighted by Crippen LogP contribution is 2.33. The molecule has 2 heterocycles. The topological polar surface area (TPSA) is 92.8 Å². The van der Waals surface area contributed by atoms with Gasteiger partial charge in [-0.1, -0.05) is 0 Å². The molecule has 11 heteroatoms. The highest BCUT2D eigenvalue weighted by Gasteiger charge is 2.28. The zero-order valence-corrected chi connectivity index (χ0v) is 17.8. The van der Waals surface area contributed by atoms with Gasteiger partial charge in [0.2, 0.25) is 10.0 Å². The summed E-state index contributed by atoms with van der Waals surface area (Å²) in [5.41, 5.74) is 0.0808. The molecule has 142 valence electrons. The van der Waals surface area contributed by atoms with Gasteiger partial charge in [-0.3, -0.25) is 4.72 Å². The first-order valence-corrected chi connectivity index (χ1v) is 12.2. The molecule has 1 aliphatic heterocycles. The minimum absolute atomic E-state index is 0.0326. The van der Waals surface area contributed by atoms with Gasteiger partial charge in [-0.05, 0) is 59.1 Å². The van der Waals surface area contributed by atoms with Crippen LogP contribution < -0.4 is 9.46 Å². The molecule has 0 spiro atoms. The van der Waals surface area contributed by atoms with Gasteiger partial charge in [0.1, 0.15) is 9.96 Å². The van der Waals surface area contributed by atoms with E-state index in [4.69, 9.17) is 4.74 Å². The van der Waals surface area contributed by atoms with Crippen LogP contribution >= 0.6 is 27.3 Å². The molecular formula is C15H17BrN2O5S3. The molecular weight excluding hydrogens is 464 g/mol. The van der Waals surface area contributed by atoms with Gasteiger partial charge in [0, 0.05) is 13.1 Å². The van der Waals surface area contributed by atoms with E-state index in [1.165, 1.54) is 35.7 Å². The minimum atomic E-state index is -3.86. The SMILES string of the molecule is COc1ccc(S(=O)(=O)N2CCCC2)cc1NS(=O)(=O)c1ccc(Br)s1. The second-order valence-electron chi connectivity index (χ2n) is 5.64. The van der Waals surface area contributed by atoms with Gasteiger partial charge in [0.15, 0.2) is 0 Å². The van der Waals surface area contributed by atoms with Crippen molar-refractivity contribution >= 4 is 53.0 Å². The van der Waals surface area contributed by atoms with E-state index in [2.05, 4.69) is 20.7 Å². The Morgan fingerprint density at radius 3 is 2.38 bits per heavy atom. The third kappa shape index (κ3) is 3.91. The lowest BCUT2D eigenvalue weighted by atomic mass is 10.3. The Hall–Kier alpha value is -1.14. The van der Waals surface area contributed by atoms with Crippen molar-refractivity contribution in [3.63, 3.8) is 0 Å². The van der Waals surface area contributed by atoms with Gasteiger partial charge in [-0.25, -0.2) is 16.8 Å². The maximum absolute atomic E-state index is 12.7. The third-order valence-corrected chi connectivity index (χ3v) is 9.31. The first kappa shape index (κ1) is 19.6. The Labute approximate surface area is 165 Å². The van der Waals surface area contributed by atoms with Crippen LogP contribution in [0.4, 0.5) is 5.69 Å². The van der Waals surface area contributed by atoms with Crippen LogP contribution in [0.25, 0.3) is 0 Å². The van der Waals surface area contributed by atoms with Crippen molar-refractivity contribution in [3.8, 4) is 5.75 Å². The van der Waals surface area contributed by atoms with E-state index in [-0.39, 0.29) is 20.5 Å². The van der Waals surface area contributed by atoms with Gasteiger partial charge >= 0.3 is 0 Å². The normalized spacial score (nSPS) is 15.9. The van der Waals surface area contributed by atoms with Gasteiger partial charge in [-0.15, -0.1) is 11.3 Å². The molecule has 26 heavy (non-hydrogen) atoms. The monoisotopic (exact) mass is 480 g/mol. The molecule has 3 rings (SSSR count). The molecule has 1 aromatic heterocycles. The lowest BCUT2D eigenvalue weighted by Crippen LogP contribution is -2.28. The standard InChI is InChI=1S/C15H17BrN2O5S3/c1-23-13-5-4-11(26(21,22)18-8-2-3-9-18)10-12(13)17-25(19,20)15-7-6-14(16)24-15/h4-7,10,17H,2-3,8-9H2,1H3. The Kier molecular flexibility index (Phi) is 5.63. The molecule has 1 aliphatic rings. The van der Waals surface area contributed by atoms with Crippen molar-refractivity contribution in [2.24, 2.45) is 0 Å². The largest absolute Gasteiger partial charge is 0.495 e. The fraction of sp³-hybridized carbons (Fsp3) is 0.333. The number of anilines is 1. The molecule has 1 aromatic carbocycles. The van der Waals surface area contributed by atoms with Gasteiger partial charge in [0.05, 0.1) is 21.5 Å². The molecule has 0 radical (unpaired) electrons. The van der Waals surface area contributed by atoms with Crippen molar-refractivity contribution in [2.75, 3.05) is 24.9 Å². The number of hydrogen-bond acceptors (Lipinski definition) is 6. The summed E-state index contributed by atoms with van der Waals surface area (Å²) in [6.45, 7) is 0.942. The molecule has 0 bridgehead atoms. The number of thiophene rings is 1. The highest BCUT2D eigenvalue weighted by molar-refractivity contribution is 9.11. The quantitative estimate of drug-likeness (QED) is 0.685. The maximum Gasteiger partial charge on any atom is 0.271 e. The fourth-order valence-electron chi connectivity index (χ4n) is 2.64. The second-order valence-corrected chi connectivity index (χ2v) is 11.9. The van der Waals surface area contributed by atoms with E-state index in [1.54, 1.807) is 6.07 Å². The van der Waals surface area contributed by atoms with Crippen molar-refractivity contribution in [2.45, 2.75) is 21.9 Å². The van der Waals surface area contributed by atoms with E-state index >= 15 is 0 Å². The Balaban J connectivity index is 1.98. The first-order chi connectivity index (χ1) is 12.2. The average Bonchev–Trinajstić information content (AvgIpc) is 3.26. The zero-order valence-electron chi connectivity index (χ0n) is 13.8. The van der Waals surface area contributed by atoms with Crippen molar-refractivity contribution < 1.29 is 21.6 Å². The molecule has 1 saturated heterocycles. The van der Waals surface area contributed by atoms with Crippen LogP contribution in [0.5, 0.6) is 5.75 Å². The van der Waals surface area contributed by atoms with Crippen molar-refractivity contribution in [1.82, 2.24) is 4.31 Å². The summed E-state index contributed by atoms with van der Waals surface area (Å²) in [7, 11) is -6.13. The van der Waals surface area contributed by atoms with Crippen LogP contribution in [0.15, 0.2) is 43.2 Å². The number of nitrogens with zero attached hydrogens (tertiary/aromatic N) is 1. The molecule has 7 nitrogen and oxygen atoms in total.